The van der Waals surface area contributed by atoms with Crippen molar-refractivity contribution in [3.8, 4) is 6.01 Å². The number of aromatic nitrogens is 4. The minimum atomic E-state index is -4.46. The van der Waals surface area contributed by atoms with Crippen LogP contribution in [-0.4, -0.2) is 19.9 Å². The monoisotopic (exact) mass is 424 g/mol. The maximum atomic E-state index is 13.3. The lowest BCUT2D eigenvalue weighted by molar-refractivity contribution is -0.137. The van der Waals surface area contributed by atoms with Gasteiger partial charge in [0.25, 0.3) is 0 Å². The van der Waals surface area contributed by atoms with Gasteiger partial charge in [-0.15, -0.1) is 0 Å². The molecule has 2 aromatic carbocycles. The van der Waals surface area contributed by atoms with Gasteiger partial charge in [-0.05, 0) is 49.7 Å². The van der Waals surface area contributed by atoms with Gasteiger partial charge in [0.1, 0.15) is 6.10 Å². The summed E-state index contributed by atoms with van der Waals surface area (Å²) in [6, 6.07) is 14.4. The largest absolute Gasteiger partial charge is 0.455 e. The number of ether oxygens (including phenoxy) is 1. The average molecular weight is 424 g/mol. The molecule has 2 aromatic heterocycles. The fraction of sp³-hybridized carbons (Fsp3) is 0.217. The quantitative estimate of drug-likeness (QED) is 0.428. The van der Waals surface area contributed by atoms with E-state index in [0.717, 1.165) is 17.6 Å². The number of rotatable bonds is 5. The highest BCUT2D eigenvalue weighted by Crippen LogP contribution is 2.32. The van der Waals surface area contributed by atoms with Crippen LogP contribution in [0.2, 0.25) is 0 Å². The molecular formula is C23H19F3N4O. The van der Waals surface area contributed by atoms with Crippen molar-refractivity contribution in [3.63, 3.8) is 0 Å². The van der Waals surface area contributed by atoms with Gasteiger partial charge in [-0.25, -0.2) is 15.0 Å². The van der Waals surface area contributed by atoms with Gasteiger partial charge < -0.3 is 4.74 Å². The second kappa shape index (κ2) is 8.29. The van der Waals surface area contributed by atoms with E-state index in [2.05, 4.69) is 19.9 Å². The van der Waals surface area contributed by atoms with E-state index in [4.69, 9.17) is 4.74 Å². The number of para-hydroxylation sites is 2. The third-order valence-corrected chi connectivity index (χ3v) is 4.69. The third-order valence-electron chi connectivity index (χ3n) is 4.69. The Labute approximate surface area is 177 Å². The van der Waals surface area contributed by atoms with Crippen molar-refractivity contribution in [3.05, 3.63) is 89.0 Å². The van der Waals surface area contributed by atoms with Gasteiger partial charge in [0.2, 0.25) is 0 Å². The second-order valence-corrected chi connectivity index (χ2v) is 7.22. The number of hydrogen-bond acceptors (Lipinski definition) is 5. The summed E-state index contributed by atoms with van der Waals surface area (Å²) in [4.78, 5) is 17.5. The summed E-state index contributed by atoms with van der Waals surface area (Å²) in [7, 11) is 0. The molecule has 0 N–H and O–H groups in total. The van der Waals surface area contributed by atoms with Crippen LogP contribution in [0, 0.1) is 13.8 Å². The third kappa shape index (κ3) is 4.96. The Hall–Kier alpha value is -3.55. The Morgan fingerprint density at radius 3 is 2.29 bits per heavy atom. The first-order chi connectivity index (χ1) is 14.8. The Morgan fingerprint density at radius 1 is 0.871 bits per heavy atom. The van der Waals surface area contributed by atoms with E-state index < -0.39 is 17.8 Å². The molecular weight excluding hydrogens is 405 g/mol. The lowest BCUT2D eigenvalue weighted by atomic mass is 10.0. The van der Waals surface area contributed by atoms with Gasteiger partial charge >= 0.3 is 12.2 Å². The van der Waals surface area contributed by atoms with Crippen molar-refractivity contribution in [1.29, 1.82) is 0 Å². The van der Waals surface area contributed by atoms with Gasteiger partial charge in [0, 0.05) is 24.0 Å². The first kappa shape index (κ1) is 20.7. The minimum absolute atomic E-state index is 0.105. The number of aryl methyl sites for hydroxylation is 2. The van der Waals surface area contributed by atoms with Crippen molar-refractivity contribution < 1.29 is 17.9 Å². The second-order valence-electron chi connectivity index (χ2n) is 7.22. The normalized spacial score (nSPS) is 12.7. The van der Waals surface area contributed by atoms with E-state index in [9.17, 15) is 13.2 Å². The molecule has 158 valence electrons. The molecule has 0 aliphatic carbocycles. The molecule has 0 spiro atoms. The van der Waals surface area contributed by atoms with Crippen molar-refractivity contribution in [1.82, 2.24) is 19.9 Å². The maximum absolute atomic E-state index is 13.3. The molecule has 5 nitrogen and oxygen atoms in total. The van der Waals surface area contributed by atoms with Gasteiger partial charge in [0.15, 0.2) is 0 Å². The molecule has 4 rings (SSSR count). The topological polar surface area (TPSA) is 60.8 Å². The summed E-state index contributed by atoms with van der Waals surface area (Å²) >= 11 is 0. The molecule has 1 unspecified atom stereocenters. The fourth-order valence-electron chi connectivity index (χ4n) is 3.30. The molecule has 0 fully saturated rings. The van der Waals surface area contributed by atoms with E-state index in [1.807, 2.05) is 24.3 Å². The molecule has 0 aliphatic heterocycles. The summed E-state index contributed by atoms with van der Waals surface area (Å²) < 4.78 is 45.8. The van der Waals surface area contributed by atoms with E-state index in [-0.39, 0.29) is 12.4 Å². The van der Waals surface area contributed by atoms with Gasteiger partial charge in [0.05, 0.1) is 22.3 Å². The van der Waals surface area contributed by atoms with Crippen LogP contribution in [0.15, 0.2) is 60.8 Å². The Morgan fingerprint density at radius 2 is 1.58 bits per heavy atom. The average Bonchev–Trinajstić information content (AvgIpc) is 2.72. The summed E-state index contributed by atoms with van der Waals surface area (Å²) in [5.74, 6) is 0. The van der Waals surface area contributed by atoms with Crippen LogP contribution in [-0.2, 0) is 12.6 Å². The zero-order valence-corrected chi connectivity index (χ0v) is 16.9. The zero-order chi connectivity index (χ0) is 22.0. The van der Waals surface area contributed by atoms with E-state index >= 15 is 0 Å². The van der Waals surface area contributed by atoms with Crippen molar-refractivity contribution >= 4 is 11.0 Å². The van der Waals surface area contributed by atoms with Crippen LogP contribution in [0.1, 0.15) is 34.3 Å². The predicted octanol–water partition coefficient (Wildman–Crippen LogP) is 5.42. The van der Waals surface area contributed by atoms with Gasteiger partial charge in [-0.1, -0.05) is 24.3 Å². The first-order valence-corrected chi connectivity index (χ1v) is 9.65. The van der Waals surface area contributed by atoms with Crippen LogP contribution in [0.5, 0.6) is 6.01 Å². The highest BCUT2D eigenvalue weighted by molar-refractivity contribution is 5.73. The summed E-state index contributed by atoms with van der Waals surface area (Å²) in [5, 5.41) is 0. The maximum Gasteiger partial charge on any atom is 0.416 e. The molecule has 0 bridgehead atoms. The zero-order valence-electron chi connectivity index (χ0n) is 16.9. The summed E-state index contributed by atoms with van der Waals surface area (Å²) in [5.41, 5.74) is 3.04. The molecule has 8 heteroatoms. The number of halogens is 3. The molecule has 0 aliphatic rings. The lowest BCUT2D eigenvalue weighted by Crippen LogP contribution is -2.15. The molecule has 4 aromatic rings. The summed E-state index contributed by atoms with van der Waals surface area (Å²) in [6.45, 7) is 3.60. The lowest BCUT2D eigenvalue weighted by Gasteiger charge is -2.20. The minimum Gasteiger partial charge on any atom is -0.455 e. The van der Waals surface area contributed by atoms with Crippen molar-refractivity contribution in [2.45, 2.75) is 32.5 Å². The van der Waals surface area contributed by atoms with Crippen LogP contribution < -0.4 is 4.74 Å². The highest BCUT2D eigenvalue weighted by atomic mass is 19.4. The van der Waals surface area contributed by atoms with Crippen LogP contribution in [0.3, 0.4) is 0 Å². The van der Waals surface area contributed by atoms with Gasteiger partial charge in [-0.2, -0.15) is 13.2 Å². The first-order valence-electron chi connectivity index (χ1n) is 9.65. The smallest absolute Gasteiger partial charge is 0.416 e. The Balaban J connectivity index is 1.72. The van der Waals surface area contributed by atoms with E-state index in [0.29, 0.717) is 28.2 Å². The van der Waals surface area contributed by atoms with Crippen LogP contribution in [0.4, 0.5) is 13.2 Å². The van der Waals surface area contributed by atoms with Crippen LogP contribution >= 0.6 is 0 Å². The van der Waals surface area contributed by atoms with Crippen molar-refractivity contribution in [2.24, 2.45) is 0 Å². The van der Waals surface area contributed by atoms with E-state index in [1.54, 1.807) is 32.2 Å². The molecule has 0 saturated heterocycles. The summed E-state index contributed by atoms with van der Waals surface area (Å²) in [6.07, 6.45) is -3.43. The number of benzene rings is 2. The van der Waals surface area contributed by atoms with Gasteiger partial charge in [-0.3, -0.25) is 4.98 Å². The van der Waals surface area contributed by atoms with Crippen LogP contribution in [0.25, 0.3) is 11.0 Å². The molecule has 31 heavy (non-hydrogen) atoms. The standard InChI is InChI=1S/C23H19F3N4O/c1-14-10-15(2)29-22(28-14)31-21(16-6-5-7-17(11-16)23(24,25)26)12-18-13-27-19-8-3-4-9-20(19)30-18/h3-11,13,21H,12H2,1-2H3. The van der Waals surface area contributed by atoms with E-state index in [1.165, 1.54) is 6.07 Å². The number of fused-ring (bicyclic) bond motifs is 1. The SMILES string of the molecule is Cc1cc(C)nc(OC(Cc2cnc3ccccc3n2)c2cccc(C(F)(F)F)c2)n1. The Bertz CT molecular complexity index is 1210. The number of alkyl halides is 3. The molecule has 0 saturated carbocycles. The molecule has 0 amide bonds. The Kier molecular flexibility index (Phi) is 5.54. The number of hydrogen-bond donors (Lipinski definition) is 0. The number of nitrogens with zero attached hydrogens (tertiary/aromatic N) is 4. The highest BCUT2D eigenvalue weighted by Gasteiger charge is 2.31. The molecule has 0 radical (unpaired) electrons. The van der Waals surface area contributed by atoms with Crippen molar-refractivity contribution in [2.75, 3.05) is 0 Å². The fourth-order valence-corrected chi connectivity index (χ4v) is 3.30. The molecule has 2 heterocycles. The predicted molar refractivity (Wildman–Crippen MR) is 110 cm³/mol. The molecule has 1 atom stereocenters.